The van der Waals surface area contributed by atoms with Crippen molar-refractivity contribution in [3.63, 3.8) is 0 Å². The van der Waals surface area contributed by atoms with Crippen LogP contribution in [0.1, 0.15) is 16.7 Å². The first kappa shape index (κ1) is 24.2. The Morgan fingerprint density at radius 1 is 0.703 bits per heavy atom. The number of amides is 2. The summed E-state index contributed by atoms with van der Waals surface area (Å²) in [5.74, 6) is -0.398. The molecule has 4 aromatic carbocycles. The van der Waals surface area contributed by atoms with Crippen molar-refractivity contribution in [3.8, 4) is 5.75 Å². The van der Waals surface area contributed by atoms with Crippen molar-refractivity contribution < 1.29 is 14.3 Å². The fraction of sp³-hybridized carbons (Fsp3) is 0.0645. The largest absolute Gasteiger partial charge is 0.488 e. The fourth-order valence-electron chi connectivity index (χ4n) is 4.07. The van der Waals surface area contributed by atoms with Gasteiger partial charge in [-0.3, -0.25) is 19.4 Å². The third kappa shape index (κ3) is 5.06. The van der Waals surface area contributed by atoms with Gasteiger partial charge in [0.2, 0.25) is 0 Å². The van der Waals surface area contributed by atoms with E-state index in [1.165, 1.54) is 15.4 Å². The summed E-state index contributed by atoms with van der Waals surface area (Å²) in [5, 5.41) is 0.105. The lowest BCUT2D eigenvalue weighted by Crippen LogP contribution is -2.56. The highest BCUT2D eigenvalue weighted by atomic mass is 32.1. The van der Waals surface area contributed by atoms with Gasteiger partial charge in [-0.2, -0.15) is 0 Å². The zero-order chi connectivity index (χ0) is 25.8. The van der Waals surface area contributed by atoms with Crippen molar-refractivity contribution in [1.82, 2.24) is 0 Å². The summed E-state index contributed by atoms with van der Waals surface area (Å²) in [5.41, 5.74) is 3.98. The van der Waals surface area contributed by atoms with Crippen molar-refractivity contribution >= 4 is 46.6 Å². The maximum Gasteiger partial charge on any atom is 0.270 e. The van der Waals surface area contributed by atoms with Gasteiger partial charge in [0, 0.05) is 5.56 Å². The van der Waals surface area contributed by atoms with Crippen molar-refractivity contribution in [2.24, 2.45) is 0 Å². The molecule has 1 aliphatic heterocycles. The molecule has 0 unspecified atom stereocenters. The van der Waals surface area contributed by atoms with E-state index in [1.54, 1.807) is 30.3 Å². The number of hydrogen-bond acceptors (Lipinski definition) is 4. The lowest BCUT2D eigenvalue weighted by atomic mass is 10.0. The molecule has 1 aliphatic rings. The molecule has 0 radical (unpaired) electrons. The molecule has 0 aromatic heterocycles. The smallest absolute Gasteiger partial charge is 0.270 e. The van der Waals surface area contributed by atoms with Gasteiger partial charge in [0.05, 0.1) is 11.4 Å². The van der Waals surface area contributed by atoms with Crippen LogP contribution in [-0.4, -0.2) is 16.9 Å². The summed E-state index contributed by atoms with van der Waals surface area (Å²) in [7, 11) is 0. The lowest BCUT2D eigenvalue weighted by molar-refractivity contribution is -0.120. The third-order valence-electron chi connectivity index (χ3n) is 6.01. The first-order valence-electron chi connectivity index (χ1n) is 11.8. The number of para-hydroxylation sites is 3. The van der Waals surface area contributed by atoms with Crippen LogP contribution in [0, 0.1) is 6.92 Å². The van der Waals surface area contributed by atoms with E-state index >= 15 is 0 Å². The number of carbonyl (C=O) groups is 2. The molecule has 0 bridgehead atoms. The molecule has 0 saturated carbocycles. The molecule has 0 atom stereocenters. The summed E-state index contributed by atoms with van der Waals surface area (Å²) < 4.78 is 6.10. The SMILES string of the molecule is Cc1ccc(COc2ccccc2C=C2C(=O)N(c3ccccc3)C(=S)N(c3ccccc3)C2=O)cc1. The van der Waals surface area contributed by atoms with Gasteiger partial charge in [-0.25, -0.2) is 0 Å². The van der Waals surface area contributed by atoms with Crippen molar-refractivity contribution in [1.29, 1.82) is 0 Å². The number of benzene rings is 4. The molecule has 6 heteroatoms. The molecule has 4 aromatic rings. The second-order valence-corrected chi connectivity index (χ2v) is 8.97. The van der Waals surface area contributed by atoms with E-state index < -0.39 is 11.8 Å². The monoisotopic (exact) mass is 504 g/mol. The maximum atomic E-state index is 13.7. The molecule has 182 valence electrons. The summed E-state index contributed by atoms with van der Waals surface area (Å²) in [4.78, 5) is 30.3. The average molecular weight is 505 g/mol. The minimum absolute atomic E-state index is 0.00677. The summed E-state index contributed by atoms with van der Waals surface area (Å²) >= 11 is 5.67. The molecule has 37 heavy (non-hydrogen) atoms. The zero-order valence-electron chi connectivity index (χ0n) is 20.2. The van der Waals surface area contributed by atoms with E-state index in [0.717, 1.165) is 5.56 Å². The predicted octanol–water partition coefficient (Wildman–Crippen LogP) is 6.32. The standard InChI is InChI=1S/C31H24N2O3S/c1-22-16-18-23(19-17-22)21-36-28-15-9-8-10-24(28)20-27-29(34)32(25-11-4-2-5-12-25)31(37)33(30(27)35)26-13-6-3-7-14-26/h2-20H,21H2,1H3. The summed E-state index contributed by atoms with van der Waals surface area (Å²) in [6, 6.07) is 33.6. The van der Waals surface area contributed by atoms with Crippen molar-refractivity contribution in [3.05, 3.63) is 131 Å². The Hall–Kier alpha value is -4.55. The molecule has 2 amide bonds. The van der Waals surface area contributed by atoms with Crippen LogP contribution < -0.4 is 14.5 Å². The third-order valence-corrected chi connectivity index (χ3v) is 6.38. The van der Waals surface area contributed by atoms with Gasteiger partial charge >= 0.3 is 0 Å². The second-order valence-electron chi connectivity index (χ2n) is 8.60. The highest BCUT2D eigenvalue weighted by Gasteiger charge is 2.41. The Bertz CT molecular complexity index is 1420. The topological polar surface area (TPSA) is 49.9 Å². The van der Waals surface area contributed by atoms with Crippen LogP contribution in [-0.2, 0) is 16.2 Å². The average Bonchev–Trinajstić information content (AvgIpc) is 2.92. The van der Waals surface area contributed by atoms with Crippen LogP contribution in [0.4, 0.5) is 11.4 Å². The van der Waals surface area contributed by atoms with Crippen molar-refractivity contribution in [2.75, 3.05) is 9.80 Å². The van der Waals surface area contributed by atoms with Crippen LogP contribution in [0.2, 0.25) is 0 Å². The van der Waals surface area contributed by atoms with E-state index in [-0.39, 0.29) is 10.7 Å². The van der Waals surface area contributed by atoms with E-state index in [0.29, 0.717) is 29.3 Å². The highest BCUT2D eigenvalue weighted by Crippen LogP contribution is 2.31. The number of rotatable bonds is 6. The van der Waals surface area contributed by atoms with E-state index in [4.69, 9.17) is 17.0 Å². The van der Waals surface area contributed by atoms with Gasteiger partial charge in [-0.1, -0.05) is 84.4 Å². The number of nitrogens with zero attached hydrogens (tertiary/aromatic N) is 2. The number of hydrogen-bond donors (Lipinski definition) is 0. The second kappa shape index (κ2) is 10.6. The number of aryl methyl sites for hydroxylation is 1. The fourth-order valence-corrected chi connectivity index (χ4v) is 4.45. The Kier molecular flexibility index (Phi) is 6.92. The highest BCUT2D eigenvalue weighted by molar-refractivity contribution is 7.81. The lowest BCUT2D eigenvalue weighted by Gasteiger charge is -2.36. The summed E-state index contributed by atoms with van der Waals surface area (Å²) in [6.45, 7) is 2.40. The first-order chi connectivity index (χ1) is 18.0. The van der Waals surface area contributed by atoms with E-state index in [2.05, 4.69) is 0 Å². The molecular formula is C31H24N2O3S. The quantitative estimate of drug-likeness (QED) is 0.175. The van der Waals surface area contributed by atoms with Crippen LogP contribution in [0.3, 0.4) is 0 Å². The Morgan fingerprint density at radius 2 is 1.22 bits per heavy atom. The Labute approximate surface area is 221 Å². The molecular weight excluding hydrogens is 480 g/mol. The van der Waals surface area contributed by atoms with Gasteiger partial charge in [0.15, 0.2) is 5.11 Å². The van der Waals surface area contributed by atoms with Crippen LogP contribution in [0.15, 0.2) is 115 Å². The van der Waals surface area contributed by atoms with E-state index in [1.807, 2.05) is 91.9 Å². The predicted molar refractivity (Wildman–Crippen MR) is 150 cm³/mol. The van der Waals surface area contributed by atoms with Crippen molar-refractivity contribution in [2.45, 2.75) is 13.5 Å². The van der Waals surface area contributed by atoms with E-state index in [9.17, 15) is 9.59 Å². The molecule has 0 N–H and O–H groups in total. The zero-order valence-corrected chi connectivity index (χ0v) is 21.0. The molecule has 0 spiro atoms. The van der Waals surface area contributed by atoms with Gasteiger partial charge < -0.3 is 4.74 Å². The van der Waals surface area contributed by atoms with Crippen LogP contribution >= 0.6 is 12.2 Å². The Balaban J connectivity index is 1.55. The normalized spacial score (nSPS) is 13.6. The molecule has 1 fully saturated rings. The summed E-state index contributed by atoms with van der Waals surface area (Å²) in [6.07, 6.45) is 1.59. The molecule has 5 rings (SSSR count). The van der Waals surface area contributed by atoms with Crippen LogP contribution in [0.5, 0.6) is 5.75 Å². The molecule has 1 saturated heterocycles. The molecule has 5 nitrogen and oxygen atoms in total. The number of anilines is 2. The van der Waals surface area contributed by atoms with Gasteiger partial charge in [0.1, 0.15) is 17.9 Å². The Morgan fingerprint density at radius 3 is 1.78 bits per heavy atom. The minimum atomic E-state index is -0.485. The number of thiocarbonyl (C=S) groups is 1. The molecule has 1 heterocycles. The first-order valence-corrected chi connectivity index (χ1v) is 12.3. The molecule has 0 aliphatic carbocycles. The van der Waals surface area contributed by atoms with Crippen LogP contribution in [0.25, 0.3) is 6.08 Å². The maximum absolute atomic E-state index is 13.7. The number of carbonyl (C=O) groups excluding carboxylic acids is 2. The number of ether oxygens (including phenoxy) is 1. The van der Waals surface area contributed by atoms with Gasteiger partial charge in [0.25, 0.3) is 11.8 Å². The van der Waals surface area contributed by atoms with Gasteiger partial charge in [-0.05, 0) is 61.1 Å². The minimum Gasteiger partial charge on any atom is -0.488 e. The van der Waals surface area contributed by atoms with Gasteiger partial charge in [-0.15, -0.1) is 0 Å².